The van der Waals surface area contributed by atoms with Crippen molar-refractivity contribution in [1.82, 2.24) is 10.3 Å². The van der Waals surface area contributed by atoms with Crippen LogP contribution in [0.2, 0.25) is 0 Å². The number of hydrogen-bond donors (Lipinski definition) is 3. The van der Waals surface area contributed by atoms with Gasteiger partial charge in [0.05, 0.1) is 6.42 Å². The molecule has 0 saturated carbocycles. The van der Waals surface area contributed by atoms with Crippen molar-refractivity contribution in [3.05, 3.63) is 84.7 Å². The third-order valence-corrected chi connectivity index (χ3v) is 6.23. The van der Waals surface area contributed by atoms with Gasteiger partial charge in [0.1, 0.15) is 6.04 Å². The smallest absolute Gasteiger partial charge is 0.304 e. The molecule has 194 valence electrons. The minimum Gasteiger partial charge on any atom is -0.481 e. The number of carboxylic acid groups (broad SMARTS) is 1. The zero-order valence-corrected chi connectivity index (χ0v) is 21.6. The van der Waals surface area contributed by atoms with Crippen LogP contribution in [0.15, 0.2) is 79.1 Å². The number of hydrogen-bond acceptors (Lipinski definition) is 4. The Labute approximate surface area is 218 Å². The van der Waals surface area contributed by atoms with Crippen LogP contribution < -0.4 is 10.6 Å². The lowest BCUT2D eigenvalue weighted by Crippen LogP contribution is -2.53. The van der Waals surface area contributed by atoms with Gasteiger partial charge in [-0.2, -0.15) is 0 Å². The van der Waals surface area contributed by atoms with Crippen molar-refractivity contribution in [3.63, 3.8) is 0 Å². The van der Waals surface area contributed by atoms with Gasteiger partial charge in [0.15, 0.2) is 0 Å². The van der Waals surface area contributed by atoms with Crippen molar-refractivity contribution in [1.29, 1.82) is 0 Å². The molecule has 7 heteroatoms. The van der Waals surface area contributed by atoms with Crippen LogP contribution in [0, 0.1) is 11.3 Å². The Morgan fingerprint density at radius 1 is 0.865 bits per heavy atom. The minimum absolute atomic E-state index is 0.290. The number of pyridine rings is 1. The first kappa shape index (κ1) is 27.6. The highest BCUT2D eigenvalue weighted by Crippen LogP contribution is 2.24. The summed E-state index contributed by atoms with van der Waals surface area (Å²) in [6.07, 6.45) is 4.63. The van der Waals surface area contributed by atoms with Gasteiger partial charge >= 0.3 is 5.97 Å². The van der Waals surface area contributed by atoms with Crippen molar-refractivity contribution < 1.29 is 19.5 Å². The fraction of sp³-hybridized carbons (Fsp3) is 0.333. The maximum Gasteiger partial charge on any atom is 0.304 e. The summed E-state index contributed by atoms with van der Waals surface area (Å²) in [5.74, 6) is -2.56. The highest BCUT2D eigenvalue weighted by atomic mass is 16.4. The van der Waals surface area contributed by atoms with Gasteiger partial charge in [0, 0.05) is 24.0 Å². The number of aliphatic carboxylic acids is 1. The SMILES string of the molecule is CC(C)(C)[C@H](NC(=O)[C@H](CCCc1ccc(-c2ccccc2)cc1)CC(=O)O)C(=O)Nc1ccncc1. The molecule has 3 rings (SSSR count). The molecular weight excluding hydrogens is 466 g/mol. The van der Waals surface area contributed by atoms with Crippen LogP contribution in [0.4, 0.5) is 5.69 Å². The number of carboxylic acids is 1. The van der Waals surface area contributed by atoms with Gasteiger partial charge in [0.25, 0.3) is 0 Å². The summed E-state index contributed by atoms with van der Waals surface area (Å²) >= 11 is 0. The Kier molecular flexibility index (Phi) is 9.55. The van der Waals surface area contributed by atoms with E-state index in [0.717, 1.165) is 23.1 Å². The van der Waals surface area contributed by atoms with Crippen LogP contribution in [0.25, 0.3) is 11.1 Å². The van der Waals surface area contributed by atoms with Crippen LogP contribution in [0.1, 0.15) is 45.6 Å². The van der Waals surface area contributed by atoms with Crippen LogP contribution >= 0.6 is 0 Å². The number of rotatable bonds is 11. The predicted octanol–water partition coefficient (Wildman–Crippen LogP) is 5.33. The first-order chi connectivity index (χ1) is 17.6. The molecule has 2 amide bonds. The number of anilines is 1. The molecule has 2 aromatic carbocycles. The van der Waals surface area contributed by atoms with Gasteiger partial charge in [-0.25, -0.2) is 0 Å². The van der Waals surface area contributed by atoms with Crippen molar-refractivity contribution in [3.8, 4) is 11.1 Å². The summed E-state index contributed by atoms with van der Waals surface area (Å²) in [5.41, 5.74) is 3.39. The number of benzene rings is 2. The second kappa shape index (κ2) is 12.8. The normalized spacial score (nSPS) is 12.8. The lowest BCUT2D eigenvalue weighted by molar-refractivity contribution is -0.141. The number of amides is 2. The van der Waals surface area contributed by atoms with E-state index in [4.69, 9.17) is 0 Å². The Bertz CT molecular complexity index is 1170. The maximum absolute atomic E-state index is 13.2. The van der Waals surface area contributed by atoms with E-state index in [1.54, 1.807) is 24.5 Å². The van der Waals surface area contributed by atoms with E-state index in [1.165, 1.54) is 0 Å². The summed E-state index contributed by atoms with van der Waals surface area (Å²) in [4.78, 5) is 41.6. The monoisotopic (exact) mass is 501 g/mol. The van der Waals surface area contributed by atoms with Gasteiger partial charge in [-0.15, -0.1) is 0 Å². The van der Waals surface area contributed by atoms with Crippen molar-refractivity contribution in [2.75, 3.05) is 5.32 Å². The fourth-order valence-corrected chi connectivity index (χ4v) is 4.17. The molecule has 2 atom stereocenters. The summed E-state index contributed by atoms with van der Waals surface area (Å²) < 4.78 is 0. The molecular formula is C30H35N3O4. The van der Waals surface area contributed by atoms with Gasteiger partial charge in [-0.1, -0.05) is 75.4 Å². The number of carbonyl (C=O) groups is 3. The van der Waals surface area contributed by atoms with E-state index < -0.39 is 29.3 Å². The Morgan fingerprint density at radius 3 is 2.08 bits per heavy atom. The number of aryl methyl sites for hydroxylation is 1. The molecule has 7 nitrogen and oxygen atoms in total. The Hall–Kier alpha value is -4.00. The third-order valence-electron chi connectivity index (χ3n) is 6.23. The summed E-state index contributed by atoms with van der Waals surface area (Å²) in [6.45, 7) is 5.57. The quantitative estimate of drug-likeness (QED) is 0.329. The maximum atomic E-state index is 13.2. The predicted molar refractivity (Wildman–Crippen MR) is 145 cm³/mol. The molecule has 0 aliphatic heterocycles. The molecule has 0 fully saturated rings. The molecule has 0 saturated heterocycles. The standard InChI is InChI=1S/C30H35N3O4/c1-30(2,3)27(29(37)32-25-16-18-31-19-17-25)33-28(36)24(20-26(34)35)11-7-8-21-12-14-23(15-13-21)22-9-5-4-6-10-22/h4-6,9-10,12-19,24,27H,7-8,11,20H2,1-3H3,(H,33,36)(H,34,35)(H,31,32,37)/t24-,27-/m1/s1. The molecule has 0 unspecified atom stereocenters. The second-order valence-corrected chi connectivity index (χ2v) is 10.3. The third kappa shape index (κ3) is 8.56. The van der Waals surface area contributed by atoms with E-state index in [9.17, 15) is 19.5 Å². The Balaban J connectivity index is 1.62. The summed E-state index contributed by atoms with van der Waals surface area (Å²) in [6, 6.07) is 20.9. The molecule has 1 heterocycles. The molecule has 1 aromatic heterocycles. The molecule has 0 aliphatic rings. The van der Waals surface area contributed by atoms with Crippen molar-refractivity contribution in [2.45, 2.75) is 52.5 Å². The average Bonchev–Trinajstić information content (AvgIpc) is 2.87. The van der Waals surface area contributed by atoms with E-state index in [2.05, 4.69) is 52.0 Å². The van der Waals surface area contributed by atoms with E-state index in [0.29, 0.717) is 18.5 Å². The number of nitrogens with zero attached hydrogens (tertiary/aromatic N) is 1. The van der Waals surface area contributed by atoms with Crippen LogP contribution in [0.5, 0.6) is 0 Å². The minimum atomic E-state index is -1.04. The van der Waals surface area contributed by atoms with Crippen molar-refractivity contribution in [2.24, 2.45) is 11.3 Å². The van der Waals surface area contributed by atoms with Crippen molar-refractivity contribution >= 4 is 23.5 Å². The van der Waals surface area contributed by atoms with Gasteiger partial charge in [-0.05, 0) is 53.5 Å². The molecule has 3 aromatic rings. The first-order valence-electron chi connectivity index (χ1n) is 12.5. The van der Waals surface area contributed by atoms with Gasteiger partial charge in [0.2, 0.25) is 11.8 Å². The molecule has 0 bridgehead atoms. The van der Waals surface area contributed by atoms with Crippen LogP contribution in [-0.4, -0.2) is 33.9 Å². The zero-order chi connectivity index (χ0) is 26.8. The fourth-order valence-electron chi connectivity index (χ4n) is 4.17. The summed E-state index contributed by atoms with van der Waals surface area (Å²) in [5, 5.41) is 15.1. The number of aromatic nitrogens is 1. The number of carbonyl (C=O) groups excluding carboxylic acids is 2. The molecule has 0 aliphatic carbocycles. The second-order valence-electron chi connectivity index (χ2n) is 10.3. The van der Waals surface area contributed by atoms with Gasteiger partial charge < -0.3 is 15.7 Å². The molecule has 0 radical (unpaired) electrons. The molecule has 0 spiro atoms. The van der Waals surface area contributed by atoms with E-state index in [-0.39, 0.29) is 12.3 Å². The summed E-state index contributed by atoms with van der Waals surface area (Å²) in [7, 11) is 0. The topological polar surface area (TPSA) is 108 Å². The zero-order valence-electron chi connectivity index (χ0n) is 21.6. The lowest BCUT2D eigenvalue weighted by atomic mass is 9.85. The first-order valence-corrected chi connectivity index (χ1v) is 12.5. The lowest BCUT2D eigenvalue weighted by Gasteiger charge is -2.31. The Morgan fingerprint density at radius 2 is 1.49 bits per heavy atom. The van der Waals surface area contributed by atoms with E-state index in [1.807, 2.05) is 39.0 Å². The molecule has 3 N–H and O–H groups in total. The molecule has 37 heavy (non-hydrogen) atoms. The average molecular weight is 502 g/mol. The van der Waals surface area contributed by atoms with E-state index >= 15 is 0 Å². The van der Waals surface area contributed by atoms with Gasteiger partial charge in [-0.3, -0.25) is 19.4 Å². The van der Waals surface area contributed by atoms with Crippen LogP contribution in [-0.2, 0) is 20.8 Å². The largest absolute Gasteiger partial charge is 0.481 e. The number of nitrogens with one attached hydrogen (secondary N) is 2. The highest BCUT2D eigenvalue weighted by Gasteiger charge is 2.35. The highest BCUT2D eigenvalue weighted by molar-refractivity contribution is 5.98. The van der Waals surface area contributed by atoms with Crippen LogP contribution in [0.3, 0.4) is 0 Å².